The Morgan fingerprint density at radius 3 is 2.57 bits per heavy atom. The summed E-state index contributed by atoms with van der Waals surface area (Å²) in [7, 11) is 0. The minimum Gasteiger partial charge on any atom is -0.465 e. The highest BCUT2D eigenvalue weighted by Gasteiger charge is 2.22. The molecule has 2 nitrogen and oxygen atoms in total. The van der Waals surface area contributed by atoms with Gasteiger partial charge in [0, 0.05) is 5.02 Å². The van der Waals surface area contributed by atoms with Crippen molar-refractivity contribution in [3.8, 4) is 0 Å². The average molecular weight is 331 g/mol. The number of halogens is 2. The van der Waals surface area contributed by atoms with Crippen LogP contribution in [0, 0.1) is 0 Å². The zero-order valence-electron chi connectivity index (χ0n) is 11.7. The lowest BCUT2D eigenvalue weighted by Crippen LogP contribution is -2.11. The lowest BCUT2D eigenvalue weighted by atomic mass is 9.84. The Morgan fingerprint density at radius 1 is 1.33 bits per heavy atom. The predicted molar refractivity (Wildman–Crippen MR) is 89.2 cm³/mol. The minimum absolute atomic E-state index is 0. The molecule has 0 amide bonds. The van der Waals surface area contributed by atoms with Crippen molar-refractivity contribution < 1.29 is 9.53 Å². The van der Waals surface area contributed by atoms with Crippen molar-refractivity contribution in [2.24, 2.45) is 0 Å². The van der Waals surface area contributed by atoms with E-state index in [-0.39, 0.29) is 7.43 Å². The molecule has 21 heavy (non-hydrogen) atoms. The Morgan fingerprint density at radius 2 is 2.00 bits per heavy atom. The van der Waals surface area contributed by atoms with Crippen molar-refractivity contribution >= 4 is 29.2 Å². The summed E-state index contributed by atoms with van der Waals surface area (Å²) >= 11 is 12.5. The van der Waals surface area contributed by atoms with Gasteiger partial charge in [0.1, 0.15) is 0 Å². The largest absolute Gasteiger partial charge is 0.465 e. The summed E-state index contributed by atoms with van der Waals surface area (Å²) in [6.07, 6.45) is 6.24. The smallest absolute Gasteiger partial charge is 0.328 e. The van der Waals surface area contributed by atoms with Crippen LogP contribution in [0.1, 0.15) is 68.9 Å². The van der Waals surface area contributed by atoms with E-state index in [0.717, 1.165) is 0 Å². The maximum atomic E-state index is 11.6. The zero-order chi connectivity index (χ0) is 14.5. The van der Waals surface area contributed by atoms with Crippen LogP contribution in [0.15, 0.2) is 18.2 Å². The first kappa shape index (κ1) is 18.3. The first-order valence-corrected chi connectivity index (χ1v) is 8.05. The number of alkyl halides is 1. The van der Waals surface area contributed by atoms with Crippen LogP contribution in [-0.4, -0.2) is 12.6 Å². The Balaban J connectivity index is 0.00000220. The van der Waals surface area contributed by atoms with E-state index in [4.69, 9.17) is 27.9 Å². The van der Waals surface area contributed by atoms with Crippen molar-refractivity contribution in [1.82, 2.24) is 0 Å². The summed E-state index contributed by atoms with van der Waals surface area (Å²) in [5, 5.41) is -0.0720. The molecule has 0 saturated heterocycles. The number of esters is 1. The van der Waals surface area contributed by atoms with E-state index in [2.05, 4.69) is 0 Å². The van der Waals surface area contributed by atoms with Gasteiger partial charge in [0.25, 0.3) is 0 Å². The number of rotatable bonds is 4. The van der Waals surface area contributed by atoms with E-state index in [1.807, 2.05) is 12.1 Å². The fourth-order valence-corrected chi connectivity index (χ4v) is 3.34. The van der Waals surface area contributed by atoms with Crippen LogP contribution in [0.3, 0.4) is 0 Å². The highest BCUT2D eigenvalue weighted by Crippen LogP contribution is 2.37. The molecule has 1 atom stereocenters. The predicted octanol–water partition coefficient (Wildman–Crippen LogP) is 5.87. The van der Waals surface area contributed by atoms with Crippen LogP contribution in [0.25, 0.3) is 0 Å². The van der Waals surface area contributed by atoms with Crippen LogP contribution in [0.5, 0.6) is 0 Å². The van der Waals surface area contributed by atoms with Crippen LogP contribution < -0.4 is 0 Å². The molecule has 1 aliphatic rings. The molecule has 0 radical (unpaired) electrons. The monoisotopic (exact) mass is 330 g/mol. The number of hydrogen-bond donors (Lipinski definition) is 0. The maximum Gasteiger partial charge on any atom is 0.328 e. The fourth-order valence-electron chi connectivity index (χ4n) is 2.80. The first-order chi connectivity index (χ1) is 9.63. The molecule has 0 spiro atoms. The summed E-state index contributed by atoms with van der Waals surface area (Å²) < 4.78 is 4.93. The van der Waals surface area contributed by atoms with Gasteiger partial charge < -0.3 is 4.74 Å². The summed E-state index contributed by atoms with van der Waals surface area (Å²) in [6.45, 7) is 2.09. The maximum absolute atomic E-state index is 11.6. The van der Waals surface area contributed by atoms with Crippen LogP contribution in [-0.2, 0) is 9.53 Å². The van der Waals surface area contributed by atoms with E-state index in [9.17, 15) is 4.79 Å². The normalized spacial score (nSPS) is 16.9. The third kappa shape index (κ3) is 4.62. The van der Waals surface area contributed by atoms with Crippen molar-refractivity contribution in [2.75, 3.05) is 6.61 Å². The summed E-state index contributed by atoms with van der Waals surface area (Å²) in [4.78, 5) is 11.6. The topological polar surface area (TPSA) is 26.3 Å². The van der Waals surface area contributed by atoms with Gasteiger partial charge in [-0.1, -0.05) is 50.4 Å². The van der Waals surface area contributed by atoms with Gasteiger partial charge in [0.15, 0.2) is 5.38 Å². The van der Waals surface area contributed by atoms with Gasteiger partial charge >= 0.3 is 5.97 Å². The SMILES string of the molecule is C.CCOC(=O)C(Cl)c1ccc(C2CCCCC2)c(Cl)c1. The van der Waals surface area contributed by atoms with E-state index in [1.165, 1.54) is 37.7 Å². The van der Waals surface area contributed by atoms with E-state index >= 15 is 0 Å². The number of carbonyl (C=O) groups excluding carboxylic acids is 1. The second kappa shape index (κ2) is 8.65. The molecule has 1 unspecified atom stereocenters. The molecule has 0 bridgehead atoms. The summed E-state index contributed by atoms with van der Waals surface area (Å²) in [6, 6.07) is 5.72. The Kier molecular flexibility index (Phi) is 7.55. The molecule has 0 heterocycles. The van der Waals surface area contributed by atoms with E-state index in [1.54, 1.807) is 13.0 Å². The van der Waals surface area contributed by atoms with Crippen molar-refractivity contribution in [3.63, 3.8) is 0 Å². The quantitative estimate of drug-likeness (QED) is 0.510. The highest BCUT2D eigenvalue weighted by atomic mass is 35.5. The molecule has 1 saturated carbocycles. The van der Waals surface area contributed by atoms with Crippen LogP contribution in [0.4, 0.5) is 0 Å². The molecular formula is C17H24Cl2O2. The standard InChI is InChI=1S/C16H20Cl2O2.CH4/c1-2-20-16(19)15(18)12-8-9-13(14(17)10-12)11-6-4-3-5-7-11;/h8-11,15H,2-7H2,1H3;1H4. The molecule has 2 rings (SSSR count). The number of ether oxygens (including phenoxy) is 1. The number of carbonyl (C=O) groups is 1. The molecule has 0 N–H and O–H groups in total. The minimum atomic E-state index is -0.784. The molecule has 0 aliphatic heterocycles. The fraction of sp³-hybridized carbons (Fsp3) is 0.588. The molecule has 1 aromatic rings. The van der Waals surface area contributed by atoms with Crippen molar-refractivity contribution in [1.29, 1.82) is 0 Å². The lowest BCUT2D eigenvalue weighted by Gasteiger charge is -2.23. The third-order valence-corrected chi connectivity index (χ3v) is 4.61. The average Bonchev–Trinajstić information content (AvgIpc) is 2.47. The van der Waals surface area contributed by atoms with E-state index < -0.39 is 11.3 Å². The van der Waals surface area contributed by atoms with Crippen molar-refractivity contribution in [2.45, 2.75) is 57.7 Å². The summed E-state index contributed by atoms with van der Waals surface area (Å²) in [5.41, 5.74) is 1.89. The number of benzene rings is 1. The molecule has 1 fully saturated rings. The molecule has 1 aromatic carbocycles. The zero-order valence-corrected chi connectivity index (χ0v) is 13.2. The van der Waals surface area contributed by atoms with Gasteiger partial charge in [-0.05, 0) is 42.9 Å². The van der Waals surface area contributed by atoms with Gasteiger partial charge in [0.05, 0.1) is 6.61 Å². The molecule has 118 valence electrons. The molecule has 0 aromatic heterocycles. The van der Waals surface area contributed by atoms with Crippen LogP contribution in [0.2, 0.25) is 5.02 Å². The third-order valence-electron chi connectivity index (χ3n) is 3.86. The van der Waals surface area contributed by atoms with Gasteiger partial charge in [-0.3, -0.25) is 4.79 Å². The molecular weight excluding hydrogens is 307 g/mol. The molecule has 4 heteroatoms. The lowest BCUT2D eigenvalue weighted by molar-refractivity contribution is -0.142. The van der Waals surface area contributed by atoms with E-state index in [0.29, 0.717) is 23.1 Å². The molecule has 1 aliphatic carbocycles. The second-order valence-electron chi connectivity index (χ2n) is 5.23. The highest BCUT2D eigenvalue weighted by molar-refractivity contribution is 6.32. The van der Waals surface area contributed by atoms with Gasteiger partial charge in [-0.25, -0.2) is 0 Å². The Bertz CT molecular complexity index is 468. The van der Waals surface area contributed by atoms with Crippen molar-refractivity contribution in [3.05, 3.63) is 34.3 Å². The number of hydrogen-bond acceptors (Lipinski definition) is 2. The van der Waals surface area contributed by atoms with Gasteiger partial charge in [0.2, 0.25) is 0 Å². The van der Waals surface area contributed by atoms with Crippen LogP contribution >= 0.6 is 23.2 Å². The Labute approximate surface area is 137 Å². The van der Waals surface area contributed by atoms with Gasteiger partial charge in [-0.15, -0.1) is 11.6 Å². The second-order valence-corrected chi connectivity index (χ2v) is 6.07. The summed E-state index contributed by atoms with van der Waals surface area (Å²) in [5.74, 6) is 0.123. The Hall–Kier alpha value is -0.730. The first-order valence-electron chi connectivity index (χ1n) is 7.23. The van der Waals surface area contributed by atoms with Gasteiger partial charge in [-0.2, -0.15) is 0 Å².